The van der Waals surface area contributed by atoms with Crippen LogP contribution in [0.15, 0.2) is 34.9 Å². The molecule has 0 radical (unpaired) electrons. The van der Waals surface area contributed by atoms with Gasteiger partial charge >= 0.3 is 0 Å². The molecule has 1 aromatic carbocycles. The first-order chi connectivity index (χ1) is 14.6. The highest BCUT2D eigenvalue weighted by Crippen LogP contribution is 2.38. The number of thiophene rings is 1. The van der Waals surface area contributed by atoms with Crippen LogP contribution in [0, 0.1) is 6.92 Å². The van der Waals surface area contributed by atoms with E-state index >= 15 is 0 Å². The van der Waals surface area contributed by atoms with Crippen molar-refractivity contribution in [3.05, 3.63) is 46.7 Å². The number of nitrogens with one attached hydrogen (secondary N) is 1. The number of benzene rings is 1. The first-order valence-corrected chi connectivity index (χ1v) is 10.5. The van der Waals surface area contributed by atoms with Gasteiger partial charge in [-0.3, -0.25) is 4.79 Å². The van der Waals surface area contributed by atoms with E-state index < -0.39 is 0 Å². The van der Waals surface area contributed by atoms with Crippen molar-refractivity contribution in [3.63, 3.8) is 0 Å². The molecule has 1 N–H and O–H groups in total. The van der Waals surface area contributed by atoms with E-state index in [1.54, 1.807) is 26.4 Å². The maximum absolute atomic E-state index is 12.4. The molecule has 0 bridgehead atoms. The highest BCUT2D eigenvalue weighted by molar-refractivity contribution is 7.16. The highest BCUT2D eigenvalue weighted by atomic mass is 32.1. The molecule has 7 nitrogen and oxygen atoms in total. The minimum Gasteiger partial charge on any atom is -0.493 e. The second-order valence-corrected chi connectivity index (χ2v) is 8.36. The summed E-state index contributed by atoms with van der Waals surface area (Å²) >= 11 is 1.53. The molecule has 1 fully saturated rings. The van der Waals surface area contributed by atoms with Gasteiger partial charge in [-0.25, -0.2) is 0 Å². The molecule has 2 aromatic heterocycles. The number of anilines is 1. The highest BCUT2D eigenvalue weighted by Gasteiger charge is 2.26. The zero-order chi connectivity index (χ0) is 21.1. The SMILES string of the molecule is COc1ccc(C=CC(=O)Nc2cc(-c3noc(C4CCC4)n3)sc2C)cc1OC. The molecule has 156 valence electrons. The predicted molar refractivity (Wildman–Crippen MR) is 116 cm³/mol. The Morgan fingerprint density at radius 2 is 2.03 bits per heavy atom. The van der Waals surface area contributed by atoms with E-state index in [-0.39, 0.29) is 5.91 Å². The minimum atomic E-state index is -0.222. The summed E-state index contributed by atoms with van der Waals surface area (Å²) in [5.41, 5.74) is 1.58. The minimum absolute atomic E-state index is 0.222. The van der Waals surface area contributed by atoms with Gasteiger partial charge in [-0.1, -0.05) is 17.6 Å². The first-order valence-electron chi connectivity index (χ1n) is 9.73. The van der Waals surface area contributed by atoms with Crippen LogP contribution in [0.1, 0.15) is 41.5 Å². The maximum Gasteiger partial charge on any atom is 0.248 e. The zero-order valence-corrected chi connectivity index (χ0v) is 17.9. The molecule has 0 aliphatic heterocycles. The summed E-state index contributed by atoms with van der Waals surface area (Å²) in [5, 5.41) is 7.02. The van der Waals surface area contributed by atoms with E-state index in [2.05, 4.69) is 15.5 Å². The fourth-order valence-corrected chi connectivity index (χ4v) is 4.08. The molecule has 4 rings (SSSR count). The number of ether oxygens (including phenoxy) is 2. The number of aryl methyl sites for hydroxylation is 1. The van der Waals surface area contributed by atoms with E-state index in [9.17, 15) is 4.79 Å². The van der Waals surface area contributed by atoms with Crippen molar-refractivity contribution >= 4 is 29.0 Å². The number of aromatic nitrogens is 2. The van der Waals surface area contributed by atoms with Crippen molar-refractivity contribution in [3.8, 4) is 22.2 Å². The van der Waals surface area contributed by atoms with Gasteiger partial charge in [-0.2, -0.15) is 4.98 Å². The van der Waals surface area contributed by atoms with Crippen molar-refractivity contribution in [1.82, 2.24) is 10.1 Å². The molecular weight excluding hydrogens is 402 g/mol. The van der Waals surface area contributed by atoms with Crippen molar-refractivity contribution in [2.24, 2.45) is 0 Å². The number of methoxy groups -OCH3 is 2. The van der Waals surface area contributed by atoms with E-state index in [1.165, 1.54) is 23.8 Å². The molecule has 0 atom stereocenters. The van der Waals surface area contributed by atoms with Crippen LogP contribution in [0.5, 0.6) is 11.5 Å². The number of rotatable bonds is 7. The van der Waals surface area contributed by atoms with Gasteiger partial charge in [0.15, 0.2) is 11.5 Å². The Balaban J connectivity index is 1.43. The van der Waals surface area contributed by atoms with Crippen molar-refractivity contribution in [2.45, 2.75) is 32.1 Å². The van der Waals surface area contributed by atoms with Gasteiger partial charge in [0.1, 0.15) is 0 Å². The van der Waals surface area contributed by atoms with E-state index in [0.717, 1.165) is 33.8 Å². The summed E-state index contributed by atoms with van der Waals surface area (Å²) in [6, 6.07) is 7.35. The van der Waals surface area contributed by atoms with Crippen LogP contribution >= 0.6 is 11.3 Å². The van der Waals surface area contributed by atoms with Crippen LogP contribution in [-0.2, 0) is 4.79 Å². The lowest BCUT2D eigenvalue weighted by molar-refractivity contribution is -0.111. The maximum atomic E-state index is 12.4. The lowest BCUT2D eigenvalue weighted by Crippen LogP contribution is -2.08. The third kappa shape index (κ3) is 4.23. The van der Waals surface area contributed by atoms with Crippen molar-refractivity contribution in [1.29, 1.82) is 0 Å². The van der Waals surface area contributed by atoms with E-state index in [0.29, 0.717) is 29.1 Å². The number of hydrogen-bond acceptors (Lipinski definition) is 7. The normalized spacial score (nSPS) is 14.0. The molecule has 1 amide bonds. The number of carbonyl (C=O) groups excluding carboxylic acids is 1. The van der Waals surface area contributed by atoms with E-state index in [4.69, 9.17) is 14.0 Å². The molecule has 2 heterocycles. The summed E-state index contributed by atoms with van der Waals surface area (Å²) in [6.07, 6.45) is 6.65. The lowest BCUT2D eigenvalue weighted by Gasteiger charge is -2.20. The number of amides is 1. The molecular formula is C22H23N3O4S. The predicted octanol–water partition coefficient (Wildman–Crippen LogP) is 5.04. The van der Waals surface area contributed by atoms with Crippen LogP contribution in [-0.4, -0.2) is 30.3 Å². The van der Waals surface area contributed by atoms with Gasteiger partial charge in [0.05, 0.1) is 24.8 Å². The molecule has 0 spiro atoms. The quantitative estimate of drug-likeness (QED) is 0.534. The summed E-state index contributed by atoms with van der Waals surface area (Å²) < 4.78 is 15.9. The van der Waals surface area contributed by atoms with Crippen molar-refractivity contribution in [2.75, 3.05) is 19.5 Å². The average molecular weight is 426 g/mol. The smallest absolute Gasteiger partial charge is 0.248 e. The van der Waals surface area contributed by atoms with Gasteiger partial charge in [0, 0.05) is 16.9 Å². The molecule has 0 saturated heterocycles. The fraction of sp³-hybridized carbons (Fsp3) is 0.318. The zero-order valence-electron chi connectivity index (χ0n) is 17.1. The molecule has 8 heteroatoms. The fourth-order valence-electron chi connectivity index (χ4n) is 3.18. The molecule has 30 heavy (non-hydrogen) atoms. The van der Waals surface area contributed by atoms with Crippen molar-refractivity contribution < 1.29 is 18.8 Å². The number of nitrogens with zero attached hydrogens (tertiary/aromatic N) is 2. The van der Waals surface area contributed by atoms with Crippen LogP contribution in [0.25, 0.3) is 16.8 Å². The molecule has 1 saturated carbocycles. The first kappa shape index (κ1) is 20.2. The summed E-state index contributed by atoms with van der Waals surface area (Å²) in [5.74, 6) is 2.72. The van der Waals surface area contributed by atoms with Crippen LogP contribution in [0.3, 0.4) is 0 Å². The Hall–Kier alpha value is -3.13. The third-order valence-electron chi connectivity index (χ3n) is 5.13. The van der Waals surface area contributed by atoms with Gasteiger partial charge in [-0.05, 0) is 49.6 Å². The summed E-state index contributed by atoms with van der Waals surface area (Å²) in [7, 11) is 3.16. The molecule has 1 aliphatic carbocycles. The third-order valence-corrected chi connectivity index (χ3v) is 6.17. The summed E-state index contributed by atoms with van der Waals surface area (Å²) in [6.45, 7) is 1.95. The van der Waals surface area contributed by atoms with Crippen LogP contribution < -0.4 is 14.8 Å². The second kappa shape index (κ2) is 8.71. The standard InChI is InChI=1S/C22H23N3O4S/c1-13-16(12-19(30-13)21-24-22(29-25-21)15-5-4-6-15)23-20(26)10-8-14-7-9-17(27-2)18(11-14)28-3/h7-12,15H,4-6H2,1-3H3,(H,23,26). The molecule has 3 aromatic rings. The Kier molecular flexibility index (Phi) is 5.85. The second-order valence-electron chi connectivity index (χ2n) is 7.10. The average Bonchev–Trinajstić information content (AvgIpc) is 3.32. The Morgan fingerprint density at radius 1 is 1.23 bits per heavy atom. The topological polar surface area (TPSA) is 86.5 Å². The largest absolute Gasteiger partial charge is 0.493 e. The number of hydrogen-bond donors (Lipinski definition) is 1. The molecule has 1 aliphatic rings. The van der Waals surface area contributed by atoms with E-state index in [1.807, 2.05) is 25.1 Å². The Bertz CT molecular complexity index is 1080. The summed E-state index contributed by atoms with van der Waals surface area (Å²) in [4.78, 5) is 18.8. The van der Waals surface area contributed by atoms with Crippen LogP contribution in [0.4, 0.5) is 5.69 Å². The Labute approximate surface area is 178 Å². The van der Waals surface area contributed by atoms with Crippen LogP contribution in [0.2, 0.25) is 0 Å². The van der Waals surface area contributed by atoms with Gasteiger partial charge in [0.25, 0.3) is 0 Å². The molecule has 0 unspecified atom stereocenters. The Morgan fingerprint density at radius 3 is 2.73 bits per heavy atom. The monoisotopic (exact) mass is 425 g/mol. The number of carbonyl (C=O) groups is 1. The van der Waals surface area contributed by atoms with Gasteiger partial charge in [0.2, 0.25) is 17.6 Å². The van der Waals surface area contributed by atoms with Gasteiger partial charge < -0.3 is 19.3 Å². The van der Waals surface area contributed by atoms with Gasteiger partial charge in [-0.15, -0.1) is 11.3 Å². The lowest BCUT2D eigenvalue weighted by atomic mass is 9.85.